The van der Waals surface area contributed by atoms with E-state index in [0.717, 1.165) is 19.6 Å². The second-order valence-electron chi connectivity index (χ2n) is 8.11. The van der Waals surface area contributed by atoms with Gasteiger partial charge in [-0.05, 0) is 55.0 Å². The zero-order chi connectivity index (χ0) is 22.5. The summed E-state index contributed by atoms with van der Waals surface area (Å²) >= 11 is 0. The molecule has 3 aromatic carbocycles. The van der Waals surface area contributed by atoms with Crippen molar-refractivity contribution < 1.29 is 14.0 Å². The number of piperazine rings is 1. The van der Waals surface area contributed by atoms with E-state index in [4.69, 9.17) is 0 Å². The highest BCUT2D eigenvalue weighted by atomic mass is 19.1. The van der Waals surface area contributed by atoms with Gasteiger partial charge in [-0.3, -0.25) is 14.5 Å². The molecule has 1 unspecified atom stereocenters. The fraction of sp³-hybridized carbons (Fsp3) is 0.231. The van der Waals surface area contributed by atoms with Crippen molar-refractivity contribution in [3.05, 3.63) is 101 Å². The first-order chi connectivity index (χ1) is 15.5. The lowest BCUT2D eigenvalue weighted by Gasteiger charge is -2.40. The fourth-order valence-corrected chi connectivity index (χ4v) is 4.02. The predicted molar refractivity (Wildman–Crippen MR) is 123 cm³/mol. The largest absolute Gasteiger partial charge is 0.333 e. The lowest BCUT2D eigenvalue weighted by atomic mass is 10.1. The molecule has 1 aliphatic heterocycles. The van der Waals surface area contributed by atoms with Crippen molar-refractivity contribution in [1.82, 2.24) is 9.80 Å². The van der Waals surface area contributed by atoms with Gasteiger partial charge in [-0.1, -0.05) is 36.4 Å². The van der Waals surface area contributed by atoms with E-state index in [-0.39, 0.29) is 17.9 Å². The molecule has 164 valence electrons. The van der Waals surface area contributed by atoms with Crippen molar-refractivity contribution in [3.8, 4) is 0 Å². The predicted octanol–water partition coefficient (Wildman–Crippen LogP) is 4.42. The highest BCUT2D eigenvalue weighted by Gasteiger charge is 2.28. The van der Waals surface area contributed by atoms with Crippen LogP contribution < -0.4 is 5.32 Å². The van der Waals surface area contributed by atoms with E-state index in [1.165, 1.54) is 29.8 Å². The van der Waals surface area contributed by atoms with Crippen LogP contribution in [0.2, 0.25) is 0 Å². The van der Waals surface area contributed by atoms with Crippen LogP contribution in [0.4, 0.5) is 10.1 Å². The molecule has 2 amide bonds. The van der Waals surface area contributed by atoms with Crippen LogP contribution in [-0.2, 0) is 6.54 Å². The number of hydrogen-bond acceptors (Lipinski definition) is 3. The molecule has 32 heavy (non-hydrogen) atoms. The molecular formula is C26H26FN3O2. The maximum Gasteiger partial charge on any atom is 0.255 e. The second kappa shape index (κ2) is 9.75. The van der Waals surface area contributed by atoms with E-state index >= 15 is 0 Å². The molecule has 0 spiro atoms. The lowest BCUT2D eigenvalue weighted by molar-refractivity contribution is 0.0475. The Morgan fingerprint density at radius 2 is 1.69 bits per heavy atom. The Balaban J connectivity index is 1.39. The quantitative estimate of drug-likeness (QED) is 0.651. The van der Waals surface area contributed by atoms with Crippen LogP contribution in [0.1, 0.15) is 33.2 Å². The van der Waals surface area contributed by atoms with Crippen molar-refractivity contribution in [2.75, 3.05) is 25.0 Å². The highest BCUT2D eigenvalue weighted by Crippen LogP contribution is 2.19. The molecule has 3 aromatic rings. The molecule has 1 aliphatic rings. The first-order valence-electron chi connectivity index (χ1n) is 10.7. The van der Waals surface area contributed by atoms with E-state index in [1.807, 2.05) is 23.1 Å². The molecule has 0 radical (unpaired) electrons. The summed E-state index contributed by atoms with van der Waals surface area (Å²) < 4.78 is 13.1. The van der Waals surface area contributed by atoms with Gasteiger partial charge in [0, 0.05) is 49.0 Å². The van der Waals surface area contributed by atoms with E-state index in [2.05, 4.69) is 29.3 Å². The summed E-state index contributed by atoms with van der Waals surface area (Å²) in [5, 5.41) is 2.78. The molecule has 0 bridgehead atoms. The third-order valence-electron chi connectivity index (χ3n) is 5.70. The van der Waals surface area contributed by atoms with Gasteiger partial charge in [-0.15, -0.1) is 0 Å². The summed E-state index contributed by atoms with van der Waals surface area (Å²) in [4.78, 5) is 29.8. The molecule has 6 heteroatoms. The molecule has 0 aromatic heterocycles. The maximum absolute atomic E-state index is 13.2. The van der Waals surface area contributed by atoms with Crippen LogP contribution in [0, 0.1) is 5.82 Å². The summed E-state index contributed by atoms with van der Waals surface area (Å²) in [7, 11) is 0. The third-order valence-corrected chi connectivity index (χ3v) is 5.70. The fourth-order valence-electron chi connectivity index (χ4n) is 4.02. The summed E-state index contributed by atoms with van der Waals surface area (Å²) in [6.07, 6.45) is 0. The van der Waals surface area contributed by atoms with Crippen LogP contribution in [0.15, 0.2) is 78.9 Å². The van der Waals surface area contributed by atoms with Crippen molar-refractivity contribution in [2.45, 2.75) is 19.5 Å². The number of anilines is 1. The Kier molecular flexibility index (Phi) is 6.61. The monoisotopic (exact) mass is 431 g/mol. The Bertz CT molecular complexity index is 1090. The van der Waals surface area contributed by atoms with Gasteiger partial charge in [0.05, 0.1) is 0 Å². The van der Waals surface area contributed by atoms with E-state index in [1.54, 1.807) is 24.3 Å². The number of carbonyl (C=O) groups is 2. The Hall–Kier alpha value is -3.51. The van der Waals surface area contributed by atoms with Crippen molar-refractivity contribution in [2.24, 2.45) is 0 Å². The number of hydrogen-bond donors (Lipinski definition) is 1. The molecule has 1 heterocycles. The molecule has 0 saturated carbocycles. The highest BCUT2D eigenvalue weighted by molar-refractivity contribution is 6.05. The molecule has 4 rings (SSSR count). The van der Waals surface area contributed by atoms with Gasteiger partial charge in [-0.25, -0.2) is 4.39 Å². The van der Waals surface area contributed by atoms with Gasteiger partial charge in [0.15, 0.2) is 0 Å². The zero-order valence-corrected chi connectivity index (χ0v) is 18.0. The summed E-state index contributed by atoms with van der Waals surface area (Å²) in [5.74, 6) is -0.792. The number of rotatable bonds is 5. The summed E-state index contributed by atoms with van der Waals surface area (Å²) in [6, 6.07) is 22.7. The van der Waals surface area contributed by atoms with Gasteiger partial charge < -0.3 is 10.2 Å². The van der Waals surface area contributed by atoms with Crippen LogP contribution >= 0.6 is 0 Å². The van der Waals surface area contributed by atoms with Crippen LogP contribution in [-0.4, -0.2) is 47.3 Å². The minimum Gasteiger partial charge on any atom is -0.333 e. The van der Waals surface area contributed by atoms with E-state index in [0.29, 0.717) is 23.4 Å². The average molecular weight is 432 g/mol. The molecule has 1 N–H and O–H groups in total. The van der Waals surface area contributed by atoms with Crippen LogP contribution in [0.3, 0.4) is 0 Å². The Morgan fingerprint density at radius 1 is 0.938 bits per heavy atom. The minimum absolute atomic E-state index is 0.0465. The standard InChI is InChI=1S/C26H26FN3O2/c1-19-17-29(18-20-6-3-2-4-7-20)14-15-30(19)26(32)22-8-5-9-24(16-22)28-25(31)21-10-12-23(27)13-11-21/h2-13,16,19H,14-15,17-18H2,1H3,(H,28,31). The number of benzene rings is 3. The number of amides is 2. The van der Waals surface area contributed by atoms with Gasteiger partial charge in [-0.2, -0.15) is 0 Å². The SMILES string of the molecule is CC1CN(Cc2ccccc2)CCN1C(=O)c1cccc(NC(=O)c2ccc(F)cc2)c1. The normalized spacial score (nSPS) is 16.6. The van der Waals surface area contributed by atoms with Gasteiger partial charge in [0.2, 0.25) is 0 Å². The van der Waals surface area contributed by atoms with Crippen LogP contribution in [0.5, 0.6) is 0 Å². The van der Waals surface area contributed by atoms with Gasteiger partial charge in [0.25, 0.3) is 11.8 Å². The average Bonchev–Trinajstić information content (AvgIpc) is 2.80. The molecule has 0 aliphatic carbocycles. The summed E-state index contributed by atoms with van der Waals surface area (Å²) in [5.41, 5.74) is 2.68. The first-order valence-corrected chi connectivity index (χ1v) is 10.7. The first kappa shape index (κ1) is 21.7. The van der Waals surface area contributed by atoms with Crippen molar-refractivity contribution in [3.63, 3.8) is 0 Å². The summed E-state index contributed by atoms with van der Waals surface area (Å²) in [6.45, 7) is 5.21. The molecule has 1 atom stereocenters. The lowest BCUT2D eigenvalue weighted by Crippen LogP contribution is -2.53. The van der Waals surface area contributed by atoms with Gasteiger partial charge >= 0.3 is 0 Å². The second-order valence-corrected chi connectivity index (χ2v) is 8.11. The maximum atomic E-state index is 13.2. The number of nitrogens with zero attached hydrogens (tertiary/aromatic N) is 2. The minimum atomic E-state index is -0.396. The molecule has 5 nitrogen and oxygen atoms in total. The van der Waals surface area contributed by atoms with Gasteiger partial charge in [0.1, 0.15) is 5.82 Å². The number of halogens is 1. The number of carbonyl (C=O) groups excluding carboxylic acids is 2. The smallest absolute Gasteiger partial charge is 0.255 e. The van der Waals surface area contributed by atoms with Crippen molar-refractivity contribution in [1.29, 1.82) is 0 Å². The van der Waals surface area contributed by atoms with E-state index in [9.17, 15) is 14.0 Å². The Morgan fingerprint density at radius 3 is 2.41 bits per heavy atom. The Labute approximate surface area is 187 Å². The van der Waals surface area contributed by atoms with Crippen LogP contribution in [0.25, 0.3) is 0 Å². The third kappa shape index (κ3) is 5.21. The molecular weight excluding hydrogens is 405 g/mol. The zero-order valence-electron chi connectivity index (χ0n) is 18.0. The number of nitrogens with one attached hydrogen (secondary N) is 1. The molecule has 1 saturated heterocycles. The van der Waals surface area contributed by atoms with E-state index < -0.39 is 5.82 Å². The molecule has 1 fully saturated rings. The topological polar surface area (TPSA) is 52.6 Å². The van der Waals surface area contributed by atoms with Crippen molar-refractivity contribution >= 4 is 17.5 Å².